The van der Waals surface area contributed by atoms with Gasteiger partial charge in [0.1, 0.15) is 11.5 Å². The first-order chi connectivity index (χ1) is 25.8. The number of aromatic nitrogens is 6. The second-order valence-corrected chi connectivity index (χ2v) is 13.7. The first-order valence-corrected chi connectivity index (χ1v) is 18.0. The molecule has 0 spiro atoms. The van der Waals surface area contributed by atoms with Gasteiger partial charge in [0, 0.05) is 95.1 Å². The fraction of sp³-hybridized carbons (Fsp3) is 0.317. The number of aryl methyl sites for hydroxylation is 2. The molecule has 0 radical (unpaired) electrons. The number of hydrogen-bond acceptors (Lipinski definition) is 7. The van der Waals surface area contributed by atoms with E-state index in [-0.39, 0.29) is 17.5 Å². The van der Waals surface area contributed by atoms with Gasteiger partial charge in [0.05, 0.1) is 40.2 Å². The molecule has 4 aromatic heterocycles. The van der Waals surface area contributed by atoms with Crippen molar-refractivity contribution in [1.29, 1.82) is 0 Å². The van der Waals surface area contributed by atoms with Gasteiger partial charge in [-0.3, -0.25) is 28.7 Å². The van der Waals surface area contributed by atoms with Crippen molar-refractivity contribution in [3.63, 3.8) is 0 Å². The summed E-state index contributed by atoms with van der Waals surface area (Å²) in [5, 5.41) is 4.88. The third-order valence-electron chi connectivity index (χ3n) is 10.4. The minimum atomic E-state index is -0.283. The van der Waals surface area contributed by atoms with Gasteiger partial charge in [-0.05, 0) is 48.6 Å². The van der Waals surface area contributed by atoms with E-state index in [2.05, 4.69) is 38.8 Å². The zero-order valence-corrected chi connectivity index (χ0v) is 30.1. The van der Waals surface area contributed by atoms with Crippen LogP contribution in [0.4, 0.5) is 0 Å². The standard InChI is InChI=1S/C41H40N8O4/c1-26(50)48-18-19-49-36(25-48)37(45-39(49)28-15-20-53-21-16-28)31-11-6-10-29-22-34(44-24-32(29)31)30-13-14-33(43-23-30)40(51)42-17-5-4-8-27-9-7-12-35-38(27)47(3)41(52)46(35)2/h6-7,9-14,22-24,28H,5,15-21,25H2,1-3H3,(H,42,51). The molecule has 6 heterocycles. The molecule has 0 atom stereocenters. The van der Waals surface area contributed by atoms with E-state index in [4.69, 9.17) is 14.7 Å². The quantitative estimate of drug-likeness (QED) is 0.195. The van der Waals surface area contributed by atoms with Crippen LogP contribution in [-0.4, -0.2) is 71.7 Å². The number of carbonyl (C=O) groups is 2. The molecule has 0 saturated carbocycles. The summed E-state index contributed by atoms with van der Waals surface area (Å²) in [5.41, 5.74) is 7.09. The summed E-state index contributed by atoms with van der Waals surface area (Å²) in [6, 6.07) is 17.4. The number of imidazole rings is 2. The Kier molecular flexibility index (Phi) is 9.10. The predicted molar refractivity (Wildman–Crippen MR) is 202 cm³/mol. The lowest BCUT2D eigenvalue weighted by atomic mass is 9.99. The highest BCUT2D eigenvalue weighted by Crippen LogP contribution is 2.37. The lowest BCUT2D eigenvalue weighted by molar-refractivity contribution is -0.130. The zero-order chi connectivity index (χ0) is 36.6. The number of hydrogen-bond donors (Lipinski definition) is 1. The van der Waals surface area contributed by atoms with E-state index in [1.165, 1.54) is 0 Å². The number of carbonyl (C=O) groups excluding carboxylic acids is 2. The molecule has 12 nitrogen and oxygen atoms in total. The number of ether oxygens (including phenoxy) is 1. The number of amides is 2. The SMILES string of the molecule is CC(=O)N1CCn2c(C3CCOCC3)nc(-c3cccc4cc(-c5ccc(C(=O)NCCC#Cc6cccc7c6n(C)c(=O)n7C)nc5)ncc34)c2C1. The Hall–Kier alpha value is -6.06. The number of para-hydroxylation sites is 1. The maximum Gasteiger partial charge on any atom is 0.328 e. The maximum absolute atomic E-state index is 12.9. The van der Waals surface area contributed by atoms with E-state index in [1.54, 1.807) is 42.4 Å². The average molecular weight is 709 g/mol. The summed E-state index contributed by atoms with van der Waals surface area (Å²) in [6.07, 6.45) is 5.86. The fourth-order valence-electron chi connectivity index (χ4n) is 7.53. The van der Waals surface area contributed by atoms with Crippen molar-refractivity contribution < 1.29 is 14.3 Å². The monoisotopic (exact) mass is 708 g/mol. The van der Waals surface area contributed by atoms with Crippen molar-refractivity contribution in [1.82, 2.24) is 38.9 Å². The fourth-order valence-corrected chi connectivity index (χ4v) is 7.53. The van der Waals surface area contributed by atoms with E-state index >= 15 is 0 Å². The molecule has 53 heavy (non-hydrogen) atoms. The maximum atomic E-state index is 12.9. The molecule has 2 aromatic carbocycles. The smallest absolute Gasteiger partial charge is 0.328 e. The summed E-state index contributed by atoms with van der Waals surface area (Å²) in [7, 11) is 3.48. The largest absolute Gasteiger partial charge is 0.381 e. The Bertz CT molecular complexity index is 2510. The summed E-state index contributed by atoms with van der Waals surface area (Å²) >= 11 is 0. The molecule has 1 fully saturated rings. The molecule has 12 heteroatoms. The summed E-state index contributed by atoms with van der Waals surface area (Å²) in [5.74, 6) is 7.45. The Labute approximate surface area is 306 Å². The molecule has 0 unspecified atom stereocenters. The van der Waals surface area contributed by atoms with Crippen LogP contribution in [0.1, 0.15) is 59.7 Å². The summed E-state index contributed by atoms with van der Waals surface area (Å²) in [6.45, 7) is 5.38. The van der Waals surface area contributed by atoms with Crippen LogP contribution in [0.2, 0.25) is 0 Å². The van der Waals surface area contributed by atoms with Crippen molar-refractivity contribution in [3.8, 4) is 34.4 Å². The van der Waals surface area contributed by atoms with Crippen LogP contribution < -0.4 is 11.0 Å². The summed E-state index contributed by atoms with van der Waals surface area (Å²) in [4.78, 5) is 54.1. The van der Waals surface area contributed by atoms with E-state index < -0.39 is 0 Å². The van der Waals surface area contributed by atoms with Crippen LogP contribution in [0.5, 0.6) is 0 Å². The van der Waals surface area contributed by atoms with Crippen LogP contribution in [0, 0.1) is 11.8 Å². The predicted octanol–water partition coefficient (Wildman–Crippen LogP) is 4.78. The molecule has 268 valence electrons. The highest BCUT2D eigenvalue weighted by Gasteiger charge is 2.30. The normalized spacial score (nSPS) is 14.6. The van der Waals surface area contributed by atoms with E-state index in [9.17, 15) is 14.4 Å². The molecule has 8 rings (SSSR count). The molecule has 1 saturated heterocycles. The van der Waals surface area contributed by atoms with E-state index in [1.807, 2.05) is 47.5 Å². The number of rotatable bonds is 6. The Morgan fingerprint density at radius 3 is 2.60 bits per heavy atom. The molecule has 6 aromatic rings. The zero-order valence-electron chi connectivity index (χ0n) is 30.1. The van der Waals surface area contributed by atoms with E-state index in [0.717, 1.165) is 94.0 Å². The van der Waals surface area contributed by atoms with Gasteiger partial charge >= 0.3 is 5.69 Å². The van der Waals surface area contributed by atoms with Crippen molar-refractivity contribution in [2.45, 2.75) is 45.2 Å². The average Bonchev–Trinajstić information content (AvgIpc) is 3.68. The second kappa shape index (κ2) is 14.2. The van der Waals surface area contributed by atoms with Crippen molar-refractivity contribution in [3.05, 3.63) is 100 Å². The first-order valence-electron chi connectivity index (χ1n) is 18.0. The first kappa shape index (κ1) is 34.0. The van der Waals surface area contributed by atoms with Crippen LogP contribution >= 0.6 is 0 Å². The third kappa shape index (κ3) is 6.38. The van der Waals surface area contributed by atoms with Gasteiger partial charge in [0.2, 0.25) is 5.91 Å². The lowest BCUT2D eigenvalue weighted by Crippen LogP contribution is -2.37. The molecule has 0 aliphatic carbocycles. The van der Waals surface area contributed by atoms with Gasteiger partial charge in [0.25, 0.3) is 5.91 Å². The van der Waals surface area contributed by atoms with Crippen LogP contribution in [0.25, 0.3) is 44.3 Å². The lowest BCUT2D eigenvalue weighted by Gasteiger charge is -2.30. The number of nitrogens with one attached hydrogen (secondary N) is 1. The highest BCUT2D eigenvalue weighted by atomic mass is 16.5. The molecule has 0 bridgehead atoms. The Morgan fingerprint density at radius 1 is 0.981 bits per heavy atom. The minimum Gasteiger partial charge on any atom is -0.381 e. The van der Waals surface area contributed by atoms with Gasteiger partial charge in [0.15, 0.2) is 0 Å². The van der Waals surface area contributed by atoms with E-state index in [0.29, 0.717) is 37.7 Å². The van der Waals surface area contributed by atoms with Crippen LogP contribution in [0.15, 0.2) is 71.8 Å². The van der Waals surface area contributed by atoms with Gasteiger partial charge < -0.3 is 19.5 Å². The molecule has 2 aliphatic heterocycles. The van der Waals surface area contributed by atoms with Crippen molar-refractivity contribution >= 4 is 33.6 Å². The number of nitrogens with zero attached hydrogens (tertiary/aromatic N) is 7. The van der Waals surface area contributed by atoms with Gasteiger partial charge in [-0.1, -0.05) is 36.1 Å². The van der Waals surface area contributed by atoms with Crippen LogP contribution in [0.3, 0.4) is 0 Å². The summed E-state index contributed by atoms with van der Waals surface area (Å²) < 4.78 is 11.2. The molecule has 2 amide bonds. The third-order valence-corrected chi connectivity index (χ3v) is 10.4. The molecular weight excluding hydrogens is 669 g/mol. The second-order valence-electron chi connectivity index (χ2n) is 13.7. The molecule has 2 aliphatic rings. The topological polar surface area (TPSA) is 129 Å². The minimum absolute atomic E-state index is 0.0650. The Morgan fingerprint density at radius 2 is 1.81 bits per heavy atom. The van der Waals surface area contributed by atoms with Crippen molar-refractivity contribution in [2.24, 2.45) is 14.1 Å². The van der Waals surface area contributed by atoms with Crippen LogP contribution in [-0.2, 0) is 36.7 Å². The van der Waals surface area contributed by atoms with Gasteiger partial charge in [-0.2, -0.15) is 0 Å². The van der Waals surface area contributed by atoms with Crippen molar-refractivity contribution in [2.75, 3.05) is 26.3 Å². The van der Waals surface area contributed by atoms with Gasteiger partial charge in [-0.25, -0.2) is 9.78 Å². The number of pyridine rings is 2. The molecule has 1 N–H and O–H groups in total. The highest BCUT2D eigenvalue weighted by molar-refractivity contribution is 5.97. The number of benzene rings is 2. The van der Waals surface area contributed by atoms with Gasteiger partial charge in [-0.15, -0.1) is 0 Å². The Balaban J connectivity index is 0.980. The number of fused-ring (bicyclic) bond motifs is 3. The molecular formula is C41H40N8O4.